The minimum absolute atomic E-state index is 0.149. The summed E-state index contributed by atoms with van der Waals surface area (Å²) in [4.78, 5) is 0. The summed E-state index contributed by atoms with van der Waals surface area (Å²) in [6, 6.07) is 0. The van der Waals surface area contributed by atoms with Gasteiger partial charge in [0, 0.05) is 0 Å². The molecule has 2 heteroatoms. The molecule has 0 aliphatic heterocycles. The molecule has 2 nitrogen and oxygen atoms in total. The number of hydrogen-bond donors (Lipinski definition) is 1. The minimum Gasteiger partial charge on any atom is -0.394 e. The smallest absolute Gasteiger partial charge is 0.0701 e. The van der Waals surface area contributed by atoms with E-state index in [1.807, 2.05) is 0 Å². The van der Waals surface area contributed by atoms with Gasteiger partial charge in [0.25, 0.3) is 0 Å². The van der Waals surface area contributed by atoms with Crippen molar-refractivity contribution in [3.8, 4) is 0 Å². The zero-order valence-electron chi connectivity index (χ0n) is 8.12. The molecule has 72 valence electrons. The Balaban J connectivity index is 2.34. The van der Waals surface area contributed by atoms with Gasteiger partial charge in [-0.05, 0) is 24.7 Å². The second kappa shape index (κ2) is 4.83. The molecule has 2 atom stereocenters. The first-order valence-electron chi connectivity index (χ1n) is 4.98. The summed E-state index contributed by atoms with van der Waals surface area (Å²) in [6.07, 6.45) is 4.27. The van der Waals surface area contributed by atoms with Gasteiger partial charge < -0.3 is 9.84 Å². The Kier molecular flexibility index (Phi) is 4.02. The highest BCUT2D eigenvalue weighted by Gasteiger charge is 2.27. The third-order valence-electron chi connectivity index (χ3n) is 2.84. The molecule has 1 saturated carbocycles. The second-order valence-corrected chi connectivity index (χ2v) is 3.94. The molecule has 0 amide bonds. The summed E-state index contributed by atoms with van der Waals surface area (Å²) in [6.45, 7) is 5.14. The van der Waals surface area contributed by atoms with Crippen molar-refractivity contribution in [3.05, 3.63) is 0 Å². The Labute approximate surface area is 74.9 Å². The molecule has 0 saturated heterocycles. The van der Waals surface area contributed by atoms with Gasteiger partial charge in [-0.3, -0.25) is 0 Å². The van der Waals surface area contributed by atoms with Crippen LogP contribution in [0.25, 0.3) is 0 Å². The molecular weight excluding hydrogens is 152 g/mol. The Hall–Kier alpha value is -0.0800. The van der Waals surface area contributed by atoms with E-state index in [1.165, 1.54) is 19.3 Å². The van der Waals surface area contributed by atoms with Crippen LogP contribution in [0.15, 0.2) is 0 Å². The lowest BCUT2D eigenvalue weighted by Gasteiger charge is -2.34. The summed E-state index contributed by atoms with van der Waals surface area (Å²) in [7, 11) is 0. The molecule has 0 aromatic carbocycles. The van der Waals surface area contributed by atoms with Crippen LogP contribution >= 0.6 is 0 Å². The molecule has 1 rings (SSSR count). The van der Waals surface area contributed by atoms with E-state index >= 15 is 0 Å². The minimum atomic E-state index is 0.149. The summed E-state index contributed by atoms with van der Waals surface area (Å²) in [5.74, 6) is 1.33. The molecule has 1 aliphatic rings. The van der Waals surface area contributed by atoms with Gasteiger partial charge in [0.2, 0.25) is 0 Å². The SMILES string of the molecule is CC1CCCC(C)C1OCCO. The van der Waals surface area contributed by atoms with Crippen LogP contribution in [0.3, 0.4) is 0 Å². The molecule has 1 aliphatic carbocycles. The topological polar surface area (TPSA) is 29.5 Å². The van der Waals surface area contributed by atoms with E-state index in [9.17, 15) is 0 Å². The van der Waals surface area contributed by atoms with E-state index < -0.39 is 0 Å². The van der Waals surface area contributed by atoms with Gasteiger partial charge in [-0.2, -0.15) is 0 Å². The molecule has 0 spiro atoms. The summed E-state index contributed by atoms with van der Waals surface area (Å²) in [5, 5.41) is 8.64. The monoisotopic (exact) mass is 172 g/mol. The van der Waals surface area contributed by atoms with Crippen LogP contribution in [-0.4, -0.2) is 24.4 Å². The number of rotatable bonds is 3. The fraction of sp³-hybridized carbons (Fsp3) is 1.00. The van der Waals surface area contributed by atoms with E-state index in [0.717, 1.165) is 0 Å². The van der Waals surface area contributed by atoms with Crippen molar-refractivity contribution in [2.75, 3.05) is 13.2 Å². The van der Waals surface area contributed by atoms with Crippen LogP contribution in [0.2, 0.25) is 0 Å². The Morgan fingerprint density at radius 2 is 1.83 bits per heavy atom. The molecule has 1 N–H and O–H groups in total. The van der Waals surface area contributed by atoms with Gasteiger partial charge in [0.1, 0.15) is 0 Å². The van der Waals surface area contributed by atoms with Gasteiger partial charge in [-0.25, -0.2) is 0 Å². The highest BCUT2D eigenvalue weighted by atomic mass is 16.5. The van der Waals surface area contributed by atoms with Crippen molar-refractivity contribution >= 4 is 0 Å². The van der Waals surface area contributed by atoms with Crippen LogP contribution < -0.4 is 0 Å². The predicted molar refractivity (Wildman–Crippen MR) is 49.0 cm³/mol. The highest BCUT2D eigenvalue weighted by Crippen LogP contribution is 2.30. The summed E-state index contributed by atoms with van der Waals surface area (Å²) < 4.78 is 5.61. The molecule has 0 aromatic rings. The number of aliphatic hydroxyl groups excluding tert-OH is 1. The maximum absolute atomic E-state index is 8.64. The maximum Gasteiger partial charge on any atom is 0.0701 e. The zero-order chi connectivity index (χ0) is 8.97. The molecule has 0 radical (unpaired) electrons. The van der Waals surface area contributed by atoms with Crippen molar-refractivity contribution in [1.29, 1.82) is 0 Å². The average molecular weight is 172 g/mol. The van der Waals surface area contributed by atoms with E-state index in [1.54, 1.807) is 0 Å². The third kappa shape index (κ3) is 2.46. The fourth-order valence-corrected chi connectivity index (χ4v) is 2.17. The predicted octanol–water partition coefficient (Wildman–Crippen LogP) is 1.82. The second-order valence-electron chi connectivity index (χ2n) is 3.94. The average Bonchev–Trinajstić information content (AvgIpc) is 2.04. The first kappa shape index (κ1) is 10.0. The Bertz CT molecular complexity index is 115. The van der Waals surface area contributed by atoms with Crippen LogP contribution in [0.1, 0.15) is 33.1 Å². The molecular formula is C10H20O2. The first-order valence-corrected chi connectivity index (χ1v) is 4.98. The Morgan fingerprint density at radius 1 is 1.25 bits per heavy atom. The normalized spacial score (nSPS) is 36.8. The van der Waals surface area contributed by atoms with Crippen LogP contribution in [0, 0.1) is 11.8 Å². The van der Waals surface area contributed by atoms with Gasteiger partial charge in [-0.15, -0.1) is 0 Å². The lowest BCUT2D eigenvalue weighted by molar-refractivity contribution is -0.0488. The van der Waals surface area contributed by atoms with E-state index in [2.05, 4.69) is 13.8 Å². The van der Waals surface area contributed by atoms with Crippen molar-refractivity contribution in [2.24, 2.45) is 11.8 Å². The lowest BCUT2D eigenvalue weighted by atomic mass is 9.81. The molecule has 0 aromatic heterocycles. The van der Waals surface area contributed by atoms with Crippen LogP contribution in [0.5, 0.6) is 0 Å². The quantitative estimate of drug-likeness (QED) is 0.703. The fourth-order valence-electron chi connectivity index (χ4n) is 2.17. The lowest BCUT2D eigenvalue weighted by Crippen LogP contribution is -2.33. The van der Waals surface area contributed by atoms with Gasteiger partial charge in [0.05, 0.1) is 19.3 Å². The molecule has 2 unspecified atom stereocenters. The van der Waals surface area contributed by atoms with Crippen LogP contribution in [-0.2, 0) is 4.74 Å². The molecule has 0 bridgehead atoms. The number of aliphatic hydroxyl groups is 1. The zero-order valence-corrected chi connectivity index (χ0v) is 8.12. The summed E-state index contributed by atoms with van der Waals surface area (Å²) in [5.41, 5.74) is 0. The largest absolute Gasteiger partial charge is 0.394 e. The number of hydrogen-bond acceptors (Lipinski definition) is 2. The highest BCUT2D eigenvalue weighted by molar-refractivity contribution is 4.78. The molecule has 1 fully saturated rings. The van der Waals surface area contributed by atoms with Gasteiger partial charge in [0.15, 0.2) is 0 Å². The van der Waals surface area contributed by atoms with Crippen LogP contribution in [0.4, 0.5) is 0 Å². The standard InChI is InChI=1S/C10H20O2/c1-8-4-3-5-9(2)10(8)12-7-6-11/h8-11H,3-7H2,1-2H3. The van der Waals surface area contributed by atoms with Crippen molar-refractivity contribution in [1.82, 2.24) is 0 Å². The van der Waals surface area contributed by atoms with E-state index in [-0.39, 0.29) is 6.61 Å². The van der Waals surface area contributed by atoms with E-state index in [0.29, 0.717) is 24.5 Å². The van der Waals surface area contributed by atoms with Crippen molar-refractivity contribution < 1.29 is 9.84 Å². The van der Waals surface area contributed by atoms with Crippen molar-refractivity contribution in [3.63, 3.8) is 0 Å². The van der Waals surface area contributed by atoms with E-state index in [4.69, 9.17) is 9.84 Å². The number of ether oxygens (including phenoxy) is 1. The Morgan fingerprint density at radius 3 is 2.33 bits per heavy atom. The van der Waals surface area contributed by atoms with Gasteiger partial charge >= 0.3 is 0 Å². The van der Waals surface area contributed by atoms with Gasteiger partial charge in [-0.1, -0.05) is 20.3 Å². The first-order chi connectivity index (χ1) is 5.75. The third-order valence-corrected chi connectivity index (χ3v) is 2.84. The molecule has 0 heterocycles. The maximum atomic E-state index is 8.64. The summed E-state index contributed by atoms with van der Waals surface area (Å²) >= 11 is 0. The van der Waals surface area contributed by atoms with Crippen molar-refractivity contribution in [2.45, 2.75) is 39.2 Å². The molecule has 12 heavy (non-hydrogen) atoms.